The summed E-state index contributed by atoms with van der Waals surface area (Å²) in [4.78, 5) is 19.4. The van der Waals surface area contributed by atoms with Gasteiger partial charge < -0.3 is 14.7 Å². The molecule has 1 aliphatic heterocycles. The molecule has 0 bridgehead atoms. The summed E-state index contributed by atoms with van der Waals surface area (Å²) >= 11 is 1.53. The molecule has 1 N–H and O–H groups in total. The predicted molar refractivity (Wildman–Crippen MR) is 116 cm³/mol. The second-order valence-electron chi connectivity index (χ2n) is 7.23. The van der Waals surface area contributed by atoms with Crippen LogP contribution >= 0.6 is 11.3 Å². The Morgan fingerprint density at radius 1 is 1.28 bits per heavy atom. The zero-order valence-corrected chi connectivity index (χ0v) is 17.4. The quantitative estimate of drug-likeness (QED) is 0.645. The maximum Gasteiger partial charge on any atom is 0.233 e. The molecule has 0 fully saturated rings. The van der Waals surface area contributed by atoms with Gasteiger partial charge in [-0.15, -0.1) is 11.3 Å². The predicted octanol–water partition coefficient (Wildman–Crippen LogP) is 5.00. The van der Waals surface area contributed by atoms with Crippen molar-refractivity contribution in [1.82, 2.24) is 4.98 Å². The molecule has 0 radical (unpaired) electrons. The van der Waals surface area contributed by atoms with E-state index in [0.29, 0.717) is 24.8 Å². The average molecular weight is 409 g/mol. The molecule has 1 aromatic heterocycles. The van der Waals surface area contributed by atoms with E-state index in [1.165, 1.54) is 11.3 Å². The maximum absolute atomic E-state index is 13.0. The van der Waals surface area contributed by atoms with Gasteiger partial charge in [0.05, 0.1) is 24.4 Å². The molecule has 29 heavy (non-hydrogen) atoms. The van der Waals surface area contributed by atoms with E-state index in [2.05, 4.69) is 11.9 Å². The standard InChI is InChI=1S/C23H24N2O3S/c1-3-28-18-9-7-16(8-10-18)23-24-17(14-29-23)13-21(27)25-12-11-15(2)19-5-4-6-20(26)22(19)25/h4-10,14-15,26H,3,11-13H2,1-2H3/t15-/m0/s1. The van der Waals surface area contributed by atoms with E-state index in [1.807, 2.05) is 48.7 Å². The fourth-order valence-corrected chi connectivity index (χ4v) is 4.54. The van der Waals surface area contributed by atoms with Gasteiger partial charge in [-0.05, 0) is 55.2 Å². The number of thiazole rings is 1. The third kappa shape index (κ3) is 3.98. The second-order valence-corrected chi connectivity index (χ2v) is 8.09. The number of fused-ring (bicyclic) bond motifs is 1. The minimum absolute atomic E-state index is 0.0387. The normalized spacial score (nSPS) is 15.8. The molecule has 0 saturated carbocycles. The zero-order chi connectivity index (χ0) is 20.4. The first-order valence-electron chi connectivity index (χ1n) is 9.86. The van der Waals surface area contributed by atoms with Crippen LogP contribution in [0.5, 0.6) is 11.5 Å². The number of amides is 1. The summed E-state index contributed by atoms with van der Waals surface area (Å²) in [6.45, 7) is 5.33. The third-order valence-electron chi connectivity index (χ3n) is 5.23. The number of aromatic hydroxyl groups is 1. The topological polar surface area (TPSA) is 62.7 Å². The minimum Gasteiger partial charge on any atom is -0.506 e. The summed E-state index contributed by atoms with van der Waals surface area (Å²) in [5, 5.41) is 13.2. The van der Waals surface area contributed by atoms with E-state index in [4.69, 9.17) is 4.74 Å². The summed E-state index contributed by atoms with van der Waals surface area (Å²) in [5.41, 5.74) is 3.43. The maximum atomic E-state index is 13.0. The molecule has 6 heteroatoms. The number of ether oxygens (including phenoxy) is 1. The number of aromatic nitrogens is 1. The summed E-state index contributed by atoms with van der Waals surface area (Å²) in [6, 6.07) is 13.3. The van der Waals surface area contributed by atoms with Crippen LogP contribution in [0.25, 0.3) is 10.6 Å². The minimum atomic E-state index is -0.0387. The molecule has 5 nitrogen and oxygen atoms in total. The van der Waals surface area contributed by atoms with Crippen LogP contribution < -0.4 is 9.64 Å². The SMILES string of the molecule is CCOc1ccc(-c2nc(CC(=O)N3CC[C@H](C)c4cccc(O)c43)cs2)cc1. The van der Waals surface area contributed by atoms with Crippen LogP contribution in [0.2, 0.25) is 0 Å². The molecule has 1 amide bonds. The Labute approximate surface area is 174 Å². The molecule has 150 valence electrons. The molecule has 3 aromatic rings. The van der Waals surface area contributed by atoms with Gasteiger partial charge >= 0.3 is 0 Å². The zero-order valence-electron chi connectivity index (χ0n) is 16.6. The molecule has 2 heterocycles. The van der Waals surface area contributed by atoms with Crippen LogP contribution in [-0.4, -0.2) is 29.1 Å². The second kappa shape index (κ2) is 8.25. The van der Waals surface area contributed by atoms with Crippen molar-refractivity contribution >= 4 is 22.9 Å². The lowest BCUT2D eigenvalue weighted by molar-refractivity contribution is -0.118. The number of hydrogen-bond donors (Lipinski definition) is 1. The van der Waals surface area contributed by atoms with E-state index in [-0.39, 0.29) is 18.1 Å². The Bertz CT molecular complexity index is 1010. The first-order chi connectivity index (χ1) is 14.1. The van der Waals surface area contributed by atoms with Crippen LogP contribution in [0.15, 0.2) is 47.8 Å². The van der Waals surface area contributed by atoms with Crippen LogP contribution in [0, 0.1) is 0 Å². The molecular weight excluding hydrogens is 384 g/mol. The largest absolute Gasteiger partial charge is 0.506 e. The van der Waals surface area contributed by atoms with Crippen LogP contribution in [0.3, 0.4) is 0 Å². The number of carbonyl (C=O) groups is 1. The van der Waals surface area contributed by atoms with Gasteiger partial charge in [0.1, 0.15) is 16.5 Å². The van der Waals surface area contributed by atoms with Crippen LogP contribution in [0.1, 0.15) is 37.4 Å². The van der Waals surface area contributed by atoms with Crippen LogP contribution in [-0.2, 0) is 11.2 Å². The van der Waals surface area contributed by atoms with Gasteiger partial charge in [-0.1, -0.05) is 19.1 Å². The Morgan fingerprint density at radius 3 is 2.83 bits per heavy atom. The summed E-state index contributed by atoms with van der Waals surface area (Å²) in [5.74, 6) is 1.28. The highest BCUT2D eigenvalue weighted by molar-refractivity contribution is 7.13. The lowest BCUT2D eigenvalue weighted by Gasteiger charge is -2.33. The molecule has 4 rings (SSSR count). The monoisotopic (exact) mass is 408 g/mol. The Balaban J connectivity index is 1.51. The number of rotatable bonds is 5. The molecule has 0 saturated heterocycles. The Hall–Kier alpha value is -2.86. The van der Waals surface area contributed by atoms with Crippen molar-refractivity contribution in [2.45, 2.75) is 32.6 Å². The van der Waals surface area contributed by atoms with E-state index in [0.717, 1.165) is 34.0 Å². The fourth-order valence-electron chi connectivity index (χ4n) is 3.71. The molecule has 0 unspecified atom stereocenters. The van der Waals surface area contributed by atoms with Crippen molar-refractivity contribution in [3.8, 4) is 22.1 Å². The molecule has 0 aliphatic carbocycles. The van der Waals surface area contributed by atoms with Crippen molar-refractivity contribution in [3.63, 3.8) is 0 Å². The van der Waals surface area contributed by atoms with Crippen molar-refractivity contribution in [3.05, 3.63) is 59.1 Å². The number of benzene rings is 2. The Morgan fingerprint density at radius 2 is 2.07 bits per heavy atom. The number of para-hydroxylation sites is 1. The molecule has 0 spiro atoms. The molecule has 1 atom stereocenters. The van der Waals surface area contributed by atoms with Gasteiger partial charge in [0, 0.05) is 17.5 Å². The third-order valence-corrected chi connectivity index (χ3v) is 6.17. The fraction of sp³-hybridized carbons (Fsp3) is 0.304. The van der Waals surface area contributed by atoms with E-state index in [9.17, 15) is 9.90 Å². The molecule has 1 aliphatic rings. The Kier molecular flexibility index (Phi) is 5.53. The van der Waals surface area contributed by atoms with E-state index < -0.39 is 0 Å². The van der Waals surface area contributed by atoms with Gasteiger partial charge in [-0.2, -0.15) is 0 Å². The summed E-state index contributed by atoms with van der Waals surface area (Å²) < 4.78 is 5.48. The number of anilines is 1. The lowest BCUT2D eigenvalue weighted by atomic mass is 9.91. The van der Waals surface area contributed by atoms with Crippen molar-refractivity contribution in [1.29, 1.82) is 0 Å². The van der Waals surface area contributed by atoms with Crippen molar-refractivity contribution in [2.75, 3.05) is 18.1 Å². The number of hydrogen-bond acceptors (Lipinski definition) is 5. The smallest absolute Gasteiger partial charge is 0.233 e. The van der Waals surface area contributed by atoms with Gasteiger partial charge in [-0.25, -0.2) is 4.98 Å². The van der Waals surface area contributed by atoms with Gasteiger partial charge in [0.25, 0.3) is 0 Å². The number of nitrogens with zero attached hydrogens (tertiary/aromatic N) is 2. The van der Waals surface area contributed by atoms with Gasteiger partial charge in [-0.3, -0.25) is 4.79 Å². The van der Waals surface area contributed by atoms with E-state index >= 15 is 0 Å². The van der Waals surface area contributed by atoms with Crippen molar-refractivity contribution in [2.24, 2.45) is 0 Å². The highest BCUT2D eigenvalue weighted by atomic mass is 32.1. The van der Waals surface area contributed by atoms with Gasteiger partial charge in [0.15, 0.2) is 0 Å². The van der Waals surface area contributed by atoms with Gasteiger partial charge in [0.2, 0.25) is 5.91 Å². The summed E-state index contributed by atoms with van der Waals surface area (Å²) in [7, 11) is 0. The number of carbonyl (C=O) groups excluding carboxylic acids is 1. The summed E-state index contributed by atoms with van der Waals surface area (Å²) in [6.07, 6.45) is 1.10. The molecule has 2 aromatic carbocycles. The first-order valence-corrected chi connectivity index (χ1v) is 10.7. The lowest BCUT2D eigenvalue weighted by Crippen LogP contribution is -2.37. The number of phenols is 1. The highest BCUT2D eigenvalue weighted by Crippen LogP contribution is 2.41. The average Bonchev–Trinajstić information content (AvgIpc) is 3.18. The number of phenolic OH excluding ortho intramolecular Hbond substituents is 1. The van der Waals surface area contributed by atoms with E-state index in [1.54, 1.807) is 11.0 Å². The first kappa shape index (κ1) is 19.5. The van der Waals surface area contributed by atoms with Crippen LogP contribution in [0.4, 0.5) is 5.69 Å². The highest BCUT2D eigenvalue weighted by Gasteiger charge is 2.29. The molecular formula is C23H24N2O3S. The van der Waals surface area contributed by atoms with Crippen molar-refractivity contribution < 1.29 is 14.6 Å².